The van der Waals surface area contributed by atoms with Crippen molar-refractivity contribution < 1.29 is 13.2 Å². The van der Waals surface area contributed by atoms with Gasteiger partial charge in [-0.25, -0.2) is 8.42 Å². The number of aryl methyl sites for hydroxylation is 1. The summed E-state index contributed by atoms with van der Waals surface area (Å²) in [7, 11) is -2.06. The molecular weight excluding hydrogens is 304 g/mol. The summed E-state index contributed by atoms with van der Waals surface area (Å²) in [6.45, 7) is 2.88. The van der Waals surface area contributed by atoms with Crippen molar-refractivity contribution in [1.82, 2.24) is 10.2 Å². The van der Waals surface area contributed by atoms with Crippen molar-refractivity contribution in [2.45, 2.75) is 11.8 Å². The molecule has 118 valence electrons. The van der Waals surface area contributed by atoms with Crippen LogP contribution in [0.4, 0.5) is 11.6 Å². The van der Waals surface area contributed by atoms with Crippen LogP contribution >= 0.6 is 0 Å². The molecule has 2 rings (SSSR count). The van der Waals surface area contributed by atoms with Crippen LogP contribution < -0.4 is 10.0 Å². The number of sulfonamides is 1. The second kappa shape index (κ2) is 7.19. The van der Waals surface area contributed by atoms with E-state index < -0.39 is 10.0 Å². The lowest BCUT2D eigenvalue weighted by atomic mass is 10.2. The number of nitrogens with zero attached hydrogens (tertiary/aromatic N) is 2. The Balaban J connectivity index is 2.09. The average Bonchev–Trinajstić information content (AvgIpc) is 2.49. The molecule has 0 aliphatic carbocycles. The molecule has 0 aliphatic rings. The molecule has 1 heterocycles. The van der Waals surface area contributed by atoms with E-state index in [0.29, 0.717) is 24.5 Å². The van der Waals surface area contributed by atoms with E-state index in [9.17, 15) is 8.42 Å². The summed E-state index contributed by atoms with van der Waals surface area (Å²) in [5.41, 5.74) is 0.667. The van der Waals surface area contributed by atoms with Crippen LogP contribution in [0.1, 0.15) is 5.56 Å². The molecule has 2 N–H and O–H groups in total. The molecule has 0 aliphatic heterocycles. The molecule has 0 radical (unpaired) electrons. The van der Waals surface area contributed by atoms with Crippen molar-refractivity contribution in [1.29, 1.82) is 0 Å². The Morgan fingerprint density at radius 3 is 2.41 bits per heavy atom. The molecule has 2 aromatic rings. The molecule has 0 amide bonds. The minimum absolute atomic E-state index is 0.167. The number of rotatable bonds is 7. The van der Waals surface area contributed by atoms with Gasteiger partial charge in [0.05, 0.1) is 11.5 Å². The number of hydrogen-bond acceptors (Lipinski definition) is 6. The number of aromatic nitrogens is 2. The number of methoxy groups -OCH3 is 1. The van der Waals surface area contributed by atoms with E-state index in [1.54, 1.807) is 50.4 Å². The van der Waals surface area contributed by atoms with Crippen LogP contribution in [0.3, 0.4) is 0 Å². The number of benzene rings is 1. The molecule has 0 spiro atoms. The molecular formula is C14H18N4O3S. The fraction of sp³-hybridized carbons (Fsp3) is 0.286. The van der Waals surface area contributed by atoms with E-state index in [2.05, 4.69) is 20.2 Å². The molecule has 0 saturated carbocycles. The lowest BCUT2D eigenvalue weighted by molar-refractivity contribution is 0.210. The quantitative estimate of drug-likeness (QED) is 0.753. The predicted octanol–water partition coefficient (Wildman–Crippen LogP) is 1.64. The summed E-state index contributed by atoms with van der Waals surface area (Å²) < 4.78 is 31.9. The van der Waals surface area contributed by atoms with Crippen molar-refractivity contribution in [2.24, 2.45) is 0 Å². The molecule has 0 saturated heterocycles. The Morgan fingerprint density at radius 2 is 1.77 bits per heavy atom. The van der Waals surface area contributed by atoms with Crippen molar-refractivity contribution in [3.63, 3.8) is 0 Å². The predicted molar refractivity (Wildman–Crippen MR) is 84.4 cm³/mol. The maximum atomic E-state index is 12.3. The van der Waals surface area contributed by atoms with E-state index in [-0.39, 0.29) is 10.7 Å². The zero-order valence-electron chi connectivity index (χ0n) is 12.4. The van der Waals surface area contributed by atoms with Gasteiger partial charge in [-0.15, -0.1) is 10.2 Å². The van der Waals surface area contributed by atoms with Gasteiger partial charge in [0, 0.05) is 13.7 Å². The van der Waals surface area contributed by atoms with E-state index in [4.69, 9.17) is 4.74 Å². The fourth-order valence-corrected chi connectivity index (χ4v) is 3.06. The molecule has 0 atom stereocenters. The zero-order chi connectivity index (χ0) is 16.0. The summed E-state index contributed by atoms with van der Waals surface area (Å²) >= 11 is 0. The van der Waals surface area contributed by atoms with E-state index in [0.717, 1.165) is 0 Å². The van der Waals surface area contributed by atoms with Crippen molar-refractivity contribution in [3.8, 4) is 0 Å². The third-order valence-electron chi connectivity index (χ3n) is 2.90. The standard InChI is InChI=1S/C14H18N4O3S/c1-11-5-3-4-6-12(11)22(19,20)18-14-8-7-13(16-17-14)15-9-10-21-2/h3-8H,9-10H2,1-2H3,(H,15,16)(H,17,18). The lowest BCUT2D eigenvalue weighted by Crippen LogP contribution is -2.16. The van der Waals surface area contributed by atoms with Crippen molar-refractivity contribution in [3.05, 3.63) is 42.0 Å². The van der Waals surface area contributed by atoms with Crippen molar-refractivity contribution >= 4 is 21.7 Å². The largest absolute Gasteiger partial charge is 0.383 e. The first-order valence-electron chi connectivity index (χ1n) is 6.68. The lowest BCUT2D eigenvalue weighted by Gasteiger charge is -2.09. The Kier molecular flexibility index (Phi) is 5.29. The normalized spacial score (nSPS) is 11.2. The Hall–Kier alpha value is -2.19. The summed E-state index contributed by atoms with van der Waals surface area (Å²) in [4.78, 5) is 0.221. The summed E-state index contributed by atoms with van der Waals surface area (Å²) in [6.07, 6.45) is 0. The molecule has 0 unspecified atom stereocenters. The van der Waals surface area contributed by atoms with Crippen molar-refractivity contribution in [2.75, 3.05) is 30.3 Å². The van der Waals surface area contributed by atoms with E-state index in [1.165, 1.54) is 0 Å². The Bertz CT molecular complexity index is 717. The van der Waals surface area contributed by atoms with Gasteiger partial charge in [-0.1, -0.05) is 18.2 Å². The fourth-order valence-electron chi connectivity index (χ4n) is 1.81. The monoisotopic (exact) mass is 322 g/mol. The summed E-state index contributed by atoms with van der Waals surface area (Å²) in [6, 6.07) is 9.95. The maximum Gasteiger partial charge on any atom is 0.263 e. The molecule has 0 bridgehead atoms. The zero-order valence-corrected chi connectivity index (χ0v) is 13.2. The van der Waals surface area contributed by atoms with Crippen LogP contribution in [0.2, 0.25) is 0 Å². The topological polar surface area (TPSA) is 93.2 Å². The second-order valence-corrected chi connectivity index (χ2v) is 6.25. The molecule has 1 aromatic carbocycles. The highest BCUT2D eigenvalue weighted by atomic mass is 32.2. The second-order valence-electron chi connectivity index (χ2n) is 4.59. The van der Waals surface area contributed by atoms with Gasteiger partial charge >= 0.3 is 0 Å². The molecule has 22 heavy (non-hydrogen) atoms. The van der Waals surface area contributed by atoms with Gasteiger partial charge in [-0.3, -0.25) is 4.72 Å². The van der Waals surface area contributed by atoms with Crippen LogP contribution in [0, 0.1) is 6.92 Å². The first-order chi connectivity index (χ1) is 10.5. The number of hydrogen-bond donors (Lipinski definition) is 2. The maximum absolute atomic E-state index is 12.3. The van der Waals surface area contributed by atoms with Gasteiger partial charge < -0.3 is 10.1 Å². The molecule has 0 fully saturated rings. The SMILES string of the molecule is COCCNc1ccc(NS(=O)(=O)c2ccccc2C)nn1. The number of nitrogens with one attached hydrogen (secondary N) is 2. The highest BCUT2D eigenvalue weighted by Gasteiger charge is 2.17. The van der Waals surface area contributed by atoms with Gasteiger partial charge in [-0.2, -0.15) is 0 Å². The van der Waals surface area contributed by atoms with Crippen LogP contribution in [0.15, 0.2) is 41.3 Å². The molecule has 7 nitrogen and oxygen atoms in total. The highest BCUT2D eigenvalue weighted by molar-refractivity contribution is 7.92. The third-order valence-corrected chi connectivity index (χ3v) is 4.41. The first kappa shape index (κ1) is 16.2. The number of anilines is 2. The minimum atomic E-state index is -3.67. The van der Waals surface area contributed by atoms with Crippen LogP contribution in [0.5, 0.6) is 0 Å². The minimum Gasteiger partial charge on any atom is -0.383 e. The van der Waals surface area contributed by atoms with E-state index in [1.807, 2.05) is 0 Å². The van der Waals surface area contributed by atoms with Gasteiger partial charge in [0.25, 0.3) is 10.0 Å². The average molecular weight is 322 g/mol. The van der Waals surface area contributed by atoms with Gasteiger partial charge in [-0.05, 0) is 30.7 Å². The first-order valence-corrected chi connectivity index (χ1v) is 8.16. The Morgan fingerprint density at radius 1 is 1.09 bits per heavy atom. The van der Waals surface area contributed by atoms with Crippen LogP contribution in [0.25, 0.3) is 0 Å². The smallest absolute Gasteiger partial charge is 0.263 e. The summed E-state index contributed by atoms with van der Waals surface area (Å²) in [5.74, 6) is 0.719. The van der Waals surface area contributed by atoms with Gasteiger partial charge in [0.1, 0.15) is 5.82 Å². The highest BCUT2D eigenvalue weighted by Crippen LogP contribution is 2.17. The van der Waals surface area contributed by atoms with E-state index >= 15 is 0 Å². The van der Waals surface area contributed by atoms with Crippen LogP contribution in [-0.4, -0.2) is 38.9 Å². The Labute approximate surface area is 129 Å². The molecule has 1 aromatic heterocycles. The van der Waals surface area contributed by atoms with Crippen LogP contribution in [-0.2, 0) is 14.8 Å². The van der Waals surface area contributed by atoms with Gasteiger partial charge in [0.15, 0.2) is 5.82 Å². The third kappa shape index (κ3) is 4.15. The van der Waals surface area contributed by atoms with Gasteiger partial charge in [0.2, 0.25) is 0 Å². The summed E-state index contributed by atoms with van der Waals surface area (Å²) in [5, 5.41) is 10.8. The number of ether oxygens (including phenoxy) is 1. The molecule has 8 heteroatoms.